The van der Waals surface area contributed by atoms with Crippen molar-refractivity contribution in [3.8, 4) is 5.75 Å². The number of anilines is 1. The van der Waals surface area contributed by atoms with Crippen molar-refractivity contribution >= 4 is 23.3 Å². The Bertz CT molecular complexity index is 819. The average molecular weight is 344 g/mol. The molecule has 0 heterocycles. The lowest BCUT2D eigenvalue weighted by atomic mass is 10.1. The van der Waals surface area contributed by atoms with E-state index < -0.39 is 23.4 Å². The van der Waals surface area contributed by atoms with Crippen LogP contribution in [0.2, 0.25) is 0 Å². The van der Waals surface area contributed by atoms with E-state index in [0.717, 1.165) is 0 Å². The Morgan fingerprint density at radius 1 is 1.20 bits per heavy atom. The minimum absolute atomic E-state index is 0.195. The van der Waals surface area contributed by atoms with E-state index in [9.17, 15) is 19.7 Å². The summed E-state index contributed by atoms with van der Waals surface area (Å²) >= 11 is 0. The predicted octanol–water partition coefficient (Wildman–Crippen LogP) is 2.71. The second-order valence-corrected chi connectivity index (χ2v) is 5.08. The Hall–Kier alpha value is -3.42. The smallest absolute Gasteiger partial charge is 0.345 e. The lowest BCUT2D eigenvalue weighted by molar-refractivity contribution is -0.385. The Labute approximate surface area is 143 Å². The summed E-state index contributed by atoms with van der Waals surface area (Å²) in [7, 11) is 1.50. The fraction of sp³-hybridized carbons (Fsp3) is 0.176. The quantitative estimate of drug-likeness (QED) is 0.490. The number of ether oxygens (including phenoxy) is 2. The fourth-order valence-corrected chi connectivity index (χ4v) is 2.17. The Balaban J connectivity index is 2.01. The van der Waals surface area contributed by atoms with Gasteiger partial charge in [-0.15, -0.1) is 0 Å². The van der Waals surface area contributed by atoms with Crippen LogP contribution in [-0.2, 0) is 9.53 Å². The number of amides is 1. The first-order valence-corrected chi connectivity index (χ1v) is 7.27. The maximum atomic E-state index is 12.1. The molecule has 0 bridgehead atoms. The highest BCUT2D eigenvalue weighted by molar-refractivity contribution is 5.97. The standard InChI is InChI=1S/C17H16N2O6/c1-11-5-3-8-14(16(11)19(22)23)17(21)25-10-15(20)18-12-6-4-7-13(9-12)24-2/h3-9H,10H2,1-2H3,(H,18,20). The third-order valence-electron chi connectivity index (χ3n) is 3.33. The number of nitrogens with one attached hydrogen (secondary N) is 1. The molecule has 2 rings (SSSR count). The van der Waals surface area contributed by atoms with E-state index >= 15 is 0 Å². The molecule has 0 aliphatic rings. The molecule has 2 aromatic carbocycles. The number of nitrogens with zero attached hydrogens (tertiary/aromatic N) is 1. The molecule has 25 heavy (non-hydrogen) atoms. The molecule has 0 aromatic heterocycles. The molecule has 130 valence electrons. The molecule has 2 aromatic rings. The Morgan fingerprint density at radius 2 is 1.92 bits per heavy atom. The maximum absolute atomic E-state index is 12.1. The SMILES string of the molecule is COc1cccc(NC(=O)COC(=O)c2cccc(C)c2[N+](=O)[O-])c1. The molecule has 0 unspecified atom stereocenters. The van der Waals surface area contributed by atoms with Crippen LogP contribution in [0.15, 0.2) is 42.5 Å². The largest absolute Gasteiger partial charge is 0.497 e. The van der Waals surface area contributed by atoms with Crippen LogP contribution in [0.5, 0.6) is 5.75 Å². The van der Waals surface area contributed by atoms with E-state index in [1.807, 2.05) is 0 Å². The van der Waals surface area contributed by atoms with E-state index in [1.165, 1.54) is 32.2 Å². The van der Waals surface area contributed by atoms with Gasteiger partial charge in [0.05, 0.1) is 12.0 Å². The van der Waals surface area contributed by atoms with Gasteiger partial charge in [-0.2, -0.15) is 0 Å². The van der Waals surface area contributed by atoms with Crippen molar-refractivity contribution in [2.24, 2.45) is 0 Å². The van der Waals surface area contributed by atoms with Gasteiger partial charge in [-0.3, -0.25) is 14.9 Å². The summed E-state index contributed by atoms with van der Waals surface area (Å²) in [6.07, 6.45) is 0. The van der Waals surface area contributed by atoms with Gasteiger partial charge < -0.3 is 14.8 Å². The van der Waals surface area contributed by atoms with E-state index in [0.29, 0.717) is 17.0 Å². The van der Waals surface area contributed by atoms with Gasteiger partial charge in [0.1, 0.15) is 11.3 Å². The number of para-hydroxylation sites is 1. The minimum Gasteiger partial charge on any atom is -0.497 e. The van der Waals surface area contributed by atoms with Gasteiger partial charge in [-0.05, 0) is 25.1 Å². The van der Waals surface area contributed by atoms with Crippen LogP contribution in [0.4, 0.5) is 11.4 Å². The number of benzene rings is 2. The van der Waals surface area contributed by atoms with Crippen LogP contribution in [0.25, 0.3) is 0 Å². The molecule has 1 N–H and O–H groups in total. The molecule has 0 spiro atoms. The number of nitro groups is 1. The van der Waals surface area contributed by atoms with E-state index in [1.54, 1.807) is 24.3 Å². The predicted molar refractivity (Wildman–Crippen MR) is 89.7 cm³/mol. The molecule has 1 amide bonds. The van der Waals surface area contributed by atoms with Crippen molar-refractivity contribution in [1.29, 1.82) is 0 Å². The second kappa shape index (κ2) is 7.91. The highest BCUT2D eigenvalue weighted by Crippen LogP contribution is 2.23. The molecule has 0 saturated heterocycles. The molecule has 8 nitrogen and oxygen atoms in total. The van der Waals surface area contributed by atoms with Gasteiger partial charge in [-0.25, -0.2) is 4.79 Å². The number of hydrogen-bond acceptors (Lipinski definition) is 6. The zero-order chi connectivity index (χ0) is 18.4. The van der Waals surface area contributed by atoms with Gasteiger partial charge in [0, 0.05) is 17.3 Å². The summed E-state index contributed by atoms with van der Waals surface area (Å²) in [5.41, 5.74) is 0.280. The number of aryl methyl sites for hydroxylation is 1. The third kappa shape index (κ3) is 4.54. The van der Waals surface area contributed by atoms with E-state index in [4.69, 9.17) is 9.47 Å². The Kier molecular flexibility index (Phi) is 5.67. The zero-order valence-electron chi connectivity index (χ0n) is 13.6. The number of carbonyl (C=O) groups is 2. The van der Waals surface area contributed by atoms with Crippen molar-refractivity contribution in [3.05, 3.63) is 63.7 Å². The van der Waals surface area contributed by atoms with Gasteiger partial charge in [0.15, 0.2) is 6.61 Å². The average Bonchev–Trinajstić information content (AvgIpc) is 2.59. The summed E-state index contributed by atoms with van der Waals surface area (Å²) in [6, 6.07) is 11.0. The second-order valence-electron chi connectivity index (χ2n) is 5.08. The van der Waals surface area contributed by atoms with Crippen LogP contribution in [0.3, 0.4) is 0 Å². The lowest BCUT2D eigenvalue weighted by Gasteiger charge is -2.08. The topological polar surface area (TPSA) is 108 Å². The molecule has 8 heteroatoms. The van der Waals surface area contributed by atoms with Crippen LogP contribution >= 0.6 is 0 Å². The highest BCUT2D eigenvalue weighted by Gasteiger charge is 2.24. The van der Waals surface area contributed by atoms with Crippen molar-refractivity contribution in [3.63, 3.8) is 0 Å². The minimum atomic E-state index is -0.934. The molecule has 0 saturated carbocycles. The van der Waals surface area contributed by atoms with Crippen molar-refractivity contribution in [1.82, 2.24) is 0 Å². The first-order valence-electron chi connectivity index (χ1n) is 7.27. The molecule has 0 aliphatic carbocycles. The maximum Gasteiger partial charge on any atom is 0.345 e. The van der Waals surface area contributed by atoms with Gasteiger partial charge in [-0.1, -0.05) is 18.2 Å². The van der Waals surface area contributed by atoms with Gasteiger partial charge >= 0.3 is 5.97 Å². The summed E-state index contributed by atoms with van der Waals surface area (Å²) in [6.45, 7) is 0.950. The van der Waals surface area contributed by atoms with Crippen LogP contribution < -0.4 is 10.1 Å². The molecule has 0 aliphatic heterocycles. The number of rotatable bonds is 6. The molecule has 0 radical (unpaired) electrons. The molecular formula is C17H16N2O6. The van der Waals surface area contributed by atoms with Crippen LogP contribution in [0.1, 0.15) is 15.9 Å². The zero-order valence-corrected chi connectivity index (χ0v) is 13.6. The number of methoxy groups -OCH3 is 1. The Morgan fingerprint density at radius 3 is 2.60 bits per heavy atom. The molecule has 0 atom stereocenters. The number of carbonyl (C=O) groups excluding carboxylic acids is 2. The number of hydrogen-bond donors (Lipinski definition) is 1. The van der Waals surface area contributed by atoms with Crippen LogP contribution in [0, 0.1) is 17.0 Å². The number of esters is 1. The third-order valence-corrected chi connectivity index (χ3v) is 3.33. The van der Waals surface area contributed by atoms with Crippen molar-refractivity contribution in [2.75, 3.05) is 19.0 Å². The lowest BCUT2D eigenvalue weighted by Crippen LogP contribution is -2.21. The van der Waals surface area contributed by atoms with Gasteiger partial charge in [0.25, 0.3) is 11.6 Å². The van der Waals surface area contributed by atoms with Gasteiger partial charge in [0.2, 0.25) is 0 Å². The van der Waals surface area contributed by atoms with Crippen LogP contribution in [-0.4, -0.2) is 30.5 Å². The molecular weight excluding hydrogens is 328 g/mol. The number of nitro benzene ring substituents is 1. The summed E-state index contributed by atoms with van der Waals surface area (Å²) < 4.78 is 9.92. The van der Waals surface area contributed by atoms with Crippen molar-refractivity contribution in [2.45, 2.75) is 6.92 Å². The first-order chi connectivity index (χ1) is 11.9. The van der Waals surface area contributed by atoms with E-state index in [-0.39, 0.29) is 11.3 Å². The fourth-order valence-electron chi connectivity index (χ4n) is 2.17. The monoisotopic (exact) mass is 344 g/mol. The first kappa shape index (κ1) is 17.9. The summed E-state index contributed by atoms with van der Waals surface area (Å²) in [5, 5.41) is 13.6. The van der Waals surface area contributed by atoms with Crippen molar-refractivity contribution < 1.29 is 24.0 Å². The van der Waals surface area contributed by atoms with E-state index in [2.05, 4.69) is 5.32 Å². The highest BCUT2D eigenvalue weighted by atomic mass is 16.6. The normalized spacial score (nSPS) is 10.0. The molecule has 0 fully saturated rings. The summed E-state index contributed by atoms with van der Waals surface area (Å²) in [5.74, 6) is -0.946. The summed E-state index contributed by atoms with van der Waals surface area (Å²) in [4.78, 5) is 34.4.